The van der Waals surface area contributed by atoms with Crippen molar-refractivity contribution in [3.63, 3.8) is 0 Å². The number of carbonyl (C=O) groups excluding carboxylic acids is 2. The number of hydrogen-bond acceptors (Lipinski definition) is 3. The van der Waals surface area contributed by atoms with Crippen molar-refractivity contribution in [3.8, 4) is 11.8 Å². The van der Waals surface area contributed by atoms with Crippen molar-refractivity contribution in [2.45, 2.75) is 50.1 Å². The third-order valence-electron chi connectivity index (χ3n) is 7.53. The predicted octanol–water partition coefficient (Wildman–Crippen LogP) is 4.10. The van der Waals surface area contributed by atoms with E-state index in [1.165, 1.54) is 24.2 Å². The average Bonchev–Trinajstić information content (AvgIpc) is 2.87. The SMILES string of the molecule is O=C(Nc1cc(F)ccc1F)N1CC(=O)N2[C@H](C1)[C@H](c1ccc(C#CC3CCCCC3)cc1)[C@@H]2CO. The number of halogens is 2. The van der Waals surface area contributed by atoms with E-state index >= 15 is 0 Å². The lowest BCUT2D eigenvalue weighted by atomic mass is 9.73. The van der Waals surface area contributed by atoms with Gasteiger partial charge in [0.2, 0.25) is 5.91 Å². The van der Waals surface area contributed by atoms with Crippen LogP contribution in [0.1, 0.15) is 49.1 Å². The summed E-state index contributed by atoms with van der Waals surface area (Å²) in [7, 11) is 0. The first-order chi connectivity index (χ1) is 17.4. The first kappa shape index (κ1) is 24.3. The number of urea groups is 1. The van der Waals surface area contributed by atoms with Crippen molar-refractivity contribution in [1.29, 1.82) is 0 Å². The minimum atomic E-state index is -0.761. The second kappa shape index (κ2) is 10.3. The third kappa shape index (κ3) is 4.80. The Morgan fingerprint density at radius 2 is 1.83 bits per heavy atom. The fourth-order valence-corrected chi connectivity index (χ4v) is 5.66. The minimum absolute atomic E-state index is 0.152. The molecule has 2 aliphatic heterocycles. The lowest BCUT2D eigenvalue weighted by Crippen LogP contribution is -2.73. The van der Waals surface area contributed by atoms with E-state index < -0.39 is 17.7 Å². The summed E-state index contributed by atoms with van der Waals surface area (Å²) in [5.41, 5.74) is 1.61. The minimum Gasteiger partial charge on any atom is -0.394 e. The Kier molecular flexibility index (Phi) is 6.92. The molecular formula is C28H29F2N3O3. The summed E-state index contributed by atoms with van der Waals surface area (Å²) in [6.07, 6.45) is 6.10. The van der Waals surface area contributed by atoms with Crippen molar-refractivity contribution < 1.29 is 23.5 Å². The topological polar surface area (TPSA) is 72.9 Å². The number of nitrogens with zero attached hydrogens (tertiary/aromatic N) is 2. The van der Waals surface area contributed by atoms with Gasteiger partial charge in [-0.15, -0.1) is 0 Å². The number of fused-ring (bicyclic) bond motifs is 1. The highest BCUT2D eigenvalue weighted by Crippen LogP contribution is 2.43. The van der Waals surface area contributed by atoms with Crippen molar-refractivity contribution in [1.82, 2.24) is 9.80 Å². The van der Waals surface area contributed by atoms with Crippen LogP contribution in [0.15, 0.2) is 42.5 Å². The lowest BCUT2D eigenvalue weighted by Gasteiger charge is -2.58. The molecule has 5 rings (SSSR count). The second-order valence-corrected chi connectivity index (χ2v) is 9.81. The second-order valence-electron chi connectivity index (χ2n) is 9.81. The zero-order valence-corrected chi connectivity index (χ0v) is 19.9. The number of amides is 3. The molecule has 1 saturated carbocycles. The molecular weight excluding hydrogens is 464 g/mol. The molecule has 6 nitrogen and oxygen atoms in total. The predicted molar refractivity (Wildman–Crippen MR) is 131 cm³/mol. The fourth-order valence-electron chi connectivity index (χ4n) is 5.66. The number of nitrogens with one attached hydrogen (secondary N) is 1. The van der Waals surface area contributed by atoms with Crippen LogP contribution in [0.2, 0.25) is 0 Å². The van der Waals surface area contributed by atoms with E-state index in [4.69, 9.17) is 0 Å². The van der Waals surface area contributed by atoms with Crippen LogP contribution in [-0.2, 0) is 4.79 Å². The number of piperazine rings is 1. The van der Waals surface area contributed by atoms with E-state index in [-0.39, 0.29) is 49.3 Å². The first-order valence-corrected chi connectivity index (χ1v) is 12.5. The summed E-state index contributed by atoms with van der Waals surface area (Å²) >= 11 is 0. The molecule has 2 aromatic rings. The Morgan fingerprint density at radius 3 is 2.56 bits per heavy atom. The molecule has 1 aliphatic carbocycles. The van der Waals surface area contributed by atoms with E-state index in [0.717, 1.165) is 42.2 Å². The average molecular weight is 494 g/mol. The molecule has 3 amide bonds. The number of rotatable bonds is 3. The van der Waals surface area contributed by atoms with Gasteiger partial charge in [-0.2, -0.15) is 0 Å². The van der Waals surface area contributed by atoms with E-state index in [0.29, 0.717) is 5.92 Å². The largest absolute Gasteiger partial charge is 0.394 e. The van der Waals surface area contributed by atoms with Gasteiger partial charge in [0.1, 0.15) is 18.2 Å². The van der Waals surface area contributed by atoms with Gasteiger partial charge >= 0.3 is 6.03 Å². The molecule has 0 bridgehead atoms. The number of benzene rings is 2. The molecule has 0 radical (unpaired) electrons. The molecule has 0 unspecified atom stereocenters. The van der Waals surface area contributed by atoms with Crippen LogP contribution in [0.5, 0.6) is 0 Å². The fraction of sp³-hybridized carbons (Fsp3) is 0.429. The summed E-state index contributed by atoms with van der Waals surface area (Å²) in [5, 5.41) is 12.4. The van der Waals surface area contributed by atoms with Gasteiger partial charge in [0.05, 0.1) is 24.4 Å². The summed E-state index contributed by atoms with van der Waals surface area (Å²) in [5.74, 6) is 5.25. The molecule has 2 saturated heterocycles. The Labute approximate surface area is 209 Å². The molecule has 188 valence electrons. The summed E-state index contributed by atoms with van der Waals surface area (Å²) in [4.78, 5) is 28.5. The number of aliphatic hydroxyl groups excluding tert-OH is 1. The zero-order chi connectivity index (χ0) is 25.2. The first-order valence-electron chi connectivity index (χ1n) is 12.5. The molecule has 2 heterocycles. The monoisotopic (exact) mass is 493 g/mol. The lowest BCUT2D eigenvalue weighted by molar-refractivity contribution is -0.159. The van der Waals surface area contributed by atoms with Gasteiger partial charge in [0.15, 0.2) is 0 Å². The van der Waals surface area contributed by atoms with Gasteiger partial charge < -0.3 is 20.2 Å². The van der Waals surface area contributed by atoms with Crippen molar-refractivity contribution in [3.05, 3.63) is 65.2 Å². The number of hydrogen-bond donors (Lipinski definition) is 2. The number of carbonyl (C=O) groups is 2. The van der Waals surface area contributed by atoms with Gasteiger partial charge in [-0.25, -0.2) is 13.6 Å². The highest BCUT2D eigenvalue weighted by atomic mass is 19.1. The molecule has 3 atom stereocenters. The number of anilines is 1. The Hall–Kier alpha value is -3.44. The Morgan fingerprint density at radius 1 is 1.08 bits per heavy atom. The van der Waals surface area contributed by atoms with Gasteiger partial charge in [-0.1, -0.05) is 43.2 Å². The van der Waals surface area contributed by atoms with E-state index in [9.17, 15) is 23.5 Å². The quantitative estimate of drug-likeness (QED) is 0.633. The smallest absolute Gasteiger partial charge is 0.322 e. The van der Waals surface area contributed by atoms with Crippen molar-refractivity contribution in [2.24, 2.45) is 5.92 Å². The van der Waals surface area contributed by atoms with Crippen LogP contribution in [-0.4, -0.2) is 58.6 Å². The van der Waals surface area contributed by atoms with Gasteiger partial charge in [0, 0.05) is 30.0 Å². The molecule has 36 heavy (non-hydrogen) atoms. The highest BCUT2D eigenvalue weighted by Gasteiger charge is 2.54. The molecule has 2 aromatic carbocycles. The van der Waals surface area contributed by atoms with E-state index in [1.54, 1.807) is 4.90 Å². The maximum atomic E-state index is 14.0. The Balaban J connectivity index is 1.29. The summed E-state index contributed by atoms with van der Waals surface area (Å²) in [6.45, 7) is -0.159. The maximum Gasteiger partial charge on any atom is 0.322 e. The van der Waals surface area contributed by atoms with Gasteiger partial charge in [-0.05, 0) is 42.7 Å². The number of aliphatic hydroxyl groups is 1. The van der Waals surface area contributed by atoms with Crippen LogP contribution in [0.3, 0.4) is 0 Å². The molecule has 2 N–H and O–H groups in total. The van der Waals surface area contributed by atoms with Crippen molar-refractivity contribution >= 4 is 17.6 Å². The summed E-state index contributed by atoms with van der Waals surface area (Å²) in [6, 6.07) is 9.32. The molecule has 3 aliphatic rings. The highest BCUT2D eigenvalue weighted by molar-refractivity contribution is 5.94. The summed E-state index contributed by atoms with van der Waals surface area (Å²) < 4.78 is 27.5. The zero-order valence-electron chi connectivity index (χ0n) is 19.9. The van der Waals surface area contributed by atoms with Crippen LogP contribution >= 0.6 is 0 Å². The van der Waals surface area contributed by atoms with Gasteiger partial charge in [0.25, 0.3) is 0 Å². The van der Waals surface area contributed by atoms with Gasteiger partial charge in [-0.3, -0.25) is 4.79 Å². The third-order valence-corrected chi connectivity index (χ3v) is 7.53. The molecule has 8 heteroatoms. The Bertz CT molecular complexity index is 1200. The normalized spacial score (nSPS) is 23.9. The standard InChI is InChI=1S/C28H29F2N3O3/c29-21-12-13-22(30)23(14-21)31-28(36)32-15-24-27(25(17-34)33(24)26(35)16-32)20-10-8-19(9-11-20)7-6-18-4-2-1-3-5-18/h8-14,18,24-25,27,34H,1-5,15-17H2,(H,31,36)/t24-,25+,27+/m1/s1. The molecule has 3 fully saturated rings. The van der Waals surface area contributed by atoms with E-state index in [1.807, 2.05) is 24.3 Å². The molecule has 0 spiro atoms. The van der Waals surface area contributed by atoms with Crippen LogP contribution in [0, 0.1) is 29.4 Å². The molecule has 0 aromatic heterocycles. The maximum absolute atomic E-state index is 14.0. The van der Waals surface area contributed by atoms with Crippen LogP contribution in [0.25, 0.3) is 0 Å². The van der Waals surface area contributed by atoms with E-state index in [2.05, 4.69) is 17.2 Å². The van der Waals surface area contributed by atoms with Crippen molar-refractivity contribution in [2.75, 3.05) is 25.0 Å². The van der Waals surface area contributed by atoms with Crippen LogP contribution in [0.4, 0.5) is 19.3 Å². The van der Waals surface area contributed by atoms with Crippen LogP contribution < -0.4 is 5.32 Å².